The van der Waals surface area contributed by atoms with E-state index in [0.717, 1.165) is 54.8 Å². The molecule has 3 heterocycles. The number of piperidine rings is 1. The summed E-state index contributed by atoms with van der Waals surface area (Å²) in [5, 5.41) is 0. The number of aryl methyl sites for hydroxylation is 1. The minimum absolute atomic E-state index is 0.185. The summed E-state index contributed by atoms with van der Waals surface area (Å²) in [6, 6.07) is 18.0. The molecule has 2 aliphatic heterocycles. The van der Waals surface area contributed by atoms with Crippen LogP contribution in [0.4, 0.5) is 13.2 Å². The van der Waals surface area contributed by atoms with Crippen LogP contribution in [-0.2, 0) is 21.2 Å². The normalized spacial score (nSPS) is 27.3. The number of rotatable bonds is 10. The summed E-state index contributed by atoms with van der Waals surface area (Å²) in [6.45, 7) is 5.33. The molecule has 1 N–H and O–H groups in total. The number of carbonyl (C=O) groups excluding carboxylic acids is 1. The summed E-state index contributed by atoms with van der Waals surface area (Å²) in [6.07, 6.45) is 6.50. The van der Waals surface area contributed by atoms with Gasteiger partial charge in [0.1, 0.15) is 23.0 Å². The molecule has 0 radical (unpaired) electrons. The molecule has 1 aromatic heterocycles. The average molecular weight is 706 g/mol. The zero-order valence-corrected chi connectivity index (χ0v) is 29.2. The van der Waals surface area contributed by atoms with E-state index >= 15 is 4.39 Å². The molecular formula is C38H42F3N5O3S. The van der Waals surface area contributed by atoms with Crippen LogP contribution in [0.15, 0.2) is 65.6 Å². The van der Waals surface area contributed by atoms with Gasteiger partial charge in [-0.3, -0.25) is 14.5 Å². The van der Waals surface area contributed by atoms with Crippen LogP contribution >= 0.6 is 0 Å². The molecular weight excluding hydrogens is 664 g/mol. The number of benzene rings is 3. The number of nitrogens with zero attached hydrogens (tertiary/aromatic N) is 4. The highest BCUT2D eigenvalue weighted by molar-refractivity contribution is 7.83. The van der Waals surface area contributed by atoms with Crippen LogP contribution in [0.5, 0.6) is 0 Å². The van der Waals surface area contributed by atoms with Gasteiger partial charge < -0.3 is 9.47 Å². The number of likely N-dealkylation sites (tertiary alicyclic amines) is 2. The molecule has 264 valence electrons. The van der Waals surface area contributed by atoms with Gasteiger partial charge in [0.05, 0.1) is 22.5 Å². The fourth-order valence-corrected chi connectivity index (χ4v) is 10.4. The highest BCUT2D eigenvalue weighted by atomic mass is 32.2. The highest BCUT2D eigenvalue weighted by Crippen LogP contribution is 2.67. The molecule has 2 saturated heterocycles. The Morgan fingerprint density at radius 3 is 2.58 bits per heavy atom. The van der Waals surface area contributed by atoms with Gasteiger partial charge in [0.15, 0.2) is 16.8 Å². The van der Waals surface area contributed by atoms with Gasteiger partial charge in [-0.05, 0) is 119 Å². The molecule has 8 rings (SSSR count). The summed E-state index contributed by atoms with van der Waals surface area (Å²) in [4.78, 5) is 29.4. The number of fused-ring (bicyclic) bond motifs is 1. The first-order chi connectivity index (χ1) is 24.2. The third kappa shape index (κ3) is 5.41. The van der Waals surface area contributed by atoms with Crippen molar-refractivity contribution < 1.29 is 27.0 Å². The zero-order chi connectivity index (χ0) is 34.8. The molecule has 0 bridgehead atoms. The molecule has 6 atom stereocenters. The van der Waals surface area contributed by atoms with E-state index in [4.69, 9.17) is 9.82 Å². The fraction of sp³-hybridized carbons (Fsp3) is 0.474. The predicted molar refractivity (Wildman–Crippen MR) is 184 cm³/mol. The lowest BCUT2D eigenvalue weighted by molar-refractivity contribution is 0.0637. The van der Waals surface area contributed by atoms with Crippen LogP contribution < -0.4 is 4.89 Å². The van der Waals surface area contributed by atoms with Crippen LogP contribution in [0.2, 0.25) is 0 Å². The van der Waals surface area contributed by atoms with Gasteiger partial charge in [-0.1, -0.05) is 24.3 Å². The first-order valence-corrected chi connectivity index (χ1v) is 18.8. The zero-order valence-electron chi connectivity index (χ0n) is 28.3. The number of aromatic nitrogens is 2. The molecule has 3 aromatic carbocycles. The van der Waals surface area contributed by atoms with Gasteiger partial charge in [0.25, 0.3) is 5.91 Å². The Labute approximate surface area is 292 Å². The van der Waals surface area contributed by atoms with E-state index in [9.17, 15) is 17.8 Å². The van der Waals surface area contributed by atoms with Crippen LogP contribution in [0.1, 0.15) is 79.7 Å². The van der Waals surface area contributed by atoms with Gasteiger partial charge in [-0.25, -0.2) is 22.4 Å². The van der Waals surface area contributed by atoms with Crippen molar-refractivity contribution in [2.45, 2.75) is 86.7 Å². The predicted octanol–water partition coefficient (Wildman–Crippen LogP) is 6.76. The summed E-state index contributed by atoms with van der Waals surface area (Å²) in [7, 11) is -2.13. The SMILES string of the molecule is CCONS(=O)c1ccc(F)c(C(=O)N2CCC(CCN3C4CC(n5c(C)nc6ccccc65)C[C@@H]5CCC453)(c3cccc(F)c3)CC2)c1F. The van der Waals surface area contributed by atoms with Crippen molar-refractivity contribution in [2.75, 3.05) is 26.2 Å². The van der Waals surface area contributed by atoms with E-state index in [2.05, 4.69) is 39.5 Å². The fourth-order valence-electron chi connectivity index (χ4n) is 9.63. The topological polar surface area (TPSA) is 79.5 Å². The standard InChI is InChI=1S/C38H42F3N5O3S/c1-3-49-43-50(48)32-12-11-29(40)34(35(32)41)36(47)44-18-15-37(16-19-44,25-7-6-8-27(39)21-25)17-20-45-33-23-28(22-26-13-14-38(26,33)45)46-24(2)42-30-9-4-5-10-31(30)46/h4-12,21,26,28,33,43H,3,13-20,22-23H2,1-2H3/t26-,28?,33?,38?,45?,50?/m0/s1. The molecule has 1 spiro atoms. The van der Waals surface area contributed by atoms with E-state index in [1.54, 1.807) is 19.1 Å². The van der Waals surface area contributed by atoms with Gasteiger partial charge in [-0.2, -0.15) is 0 Å². The van der Waals surface area contributed by atoms with Crippen molar-refractivity contribution >= 4 is 27.9 Å². The van der Waals surface area contributed by atoms with E-state index in [1.165, 1.54) is 29.3 Å². The number of para-hydroxylation sites is 2. The molecule has 1 amide bonds. The average Bonchev–Trinajstić information content (AvgIpc) is 3.66. The molecule has 4 fully saturated rings. The summed E-state index contributed by atoms with van der Waals surface area (Å²) in [5.74, 6) is -1.58. The molecule has 8 nitrogen and oxygen atoms in total. The van der Waals surface area contributed by atoms with Gasteiger partial charge >= 0.3 is 0 Å². The Bertz CT molecular complexity index is 1980. The number of nitrogens with one attached hydrogen (secondary N) is 1. The van der Waals surface area contributed by atoms with Crippen molar-refractivity contribution in [3.63, 3.8) is 0 Å². The molecule has 12 heteroatoms. The maximum atomic E-state index is 15.5. The highest BCUT2D eigenvalue weighted by Gasteiger charge is 2.72. The second-order valence-electron chi connectivity index (χ2n) is 14.4. The second kappa shape index (κ2) is 12.9. The summed E-state index contributed by atoms with van der Waals surface area (Å²) >= 11 is 0. The Morgan fingerprint density at radius 1 is 1.04 bits per heavy atom. The minimum atomic E-state index is -2.13. The Hall–Kier alpha value is -3.58. The number of halogens is 3. The van der Waals surface area contributed by atoms with Crippen LogP contribution in [0.3, 0.4) is 0 Å². The third-order valence-electron chi connectivity index (χ3n) is 12.2. The summed E-state index contributed by atoms with van der Waals surface area (Å²) in [5.41, 5.74) is 2.24. The largest absolute Gasteiger partial charge is 0.338 e. The monoisotopic (exact) mass is 705 g/mol. The number of hydrogen-bond acceptors (Lipinski definition) is 5. The quantitative estimate of drug-likeness (QED) is 0.146. The first kappa shape index (κ1) is 33.6. The van der Waals surface area contributed by atoms with Crippen LogP contribution in [-0.4, -0.2) is 67.3 Å². The Kier molecular flexibility index (Phi) is 8.64. The van der Waals surface area contributed by atoms with Crippen LogP contribution in [0, 0.1) is 30.3 Å². The maximum Gasteiger partial charge on any atom is 0.259 e. The van der Waals surface area contributed by atoms with E-state index in [-0.39, 0.29) is 35.9 Å². The van der Waals surface area contributed by atoms with Gasteiger partial charge in [0, 0.05) is 30.7 Å². The lowest BCUT2D eigenvalue weighted by Crippen LogP contribution is -2.47. The molecule has 2 aliphatic carbocycles. The second-order valence-corrected chi connectivity index (χ2v) is 15.6. The third-order valence-corrected chi connectivity index (χ3v) is 13.2. The van der Waals surface area contributed by atoms with Crippen molar-refractivity contribution in [1.29, 1.82) is 0 Å². The molecule has 4 aliphatic rings. The van der Waals surface area contributed by atoms with E-state index in [0.29, 0.717) is 30.8 Å². The lowest BCUT2D eigenvalue weighted by Gasteiger charge is -2.45. The Morgan fingerprint density at radius 2 is 1.84 bits per heavy atom. The van der Waals surface area contributed by atoms with E-state index in [1.807, 2.05) is 12.1 Å². The number of imidazole rings is 1. The Balaban J connectivity index is 1.00. The maximum absolute atomic E-state index is 15.5. The van der Waals surface area contributed by atoms with Crippen molar-refractivity contribution in [3.05, 3.63) is 95.1 Å². The van der Waals surface area contributed by atoms with Gasteiger partial charge in [-0.15, -0.1) is 4.89 Å². The van der Waals surface area contributed by atoms with Crippen molar-refractivity contribution in [3.8, 4) is 0 Å². The molecule has 2 saturated carbocycles. The smallest absolute Gasteiger partial charge is 0.259 e. The van der Waals surface area contributed by atoms with E-state index < -0.39 is 39.5 Å². The van der Waals surface area contributed by atoms with Crippen molar-refractivity contribution in [1.82, 2.24) is 24.2 Å². The first-order valence-electron chi connectivity index (χ1n) is 17.7. The molecule has 50 heavy (non-hydrogen) atoms. The van der Waals surface area contributed by atoms with Crippen molar-refractivity contribution in [2.24, 2.45) is 5.92 Å². The number of carbonyl (C=O) groups is 1. The number of hydrogen-bond donors (Lipinski definition) is 1. The molecule has 5 unspecified atom stereocenters. The summed E-state index contributed by atoms with van der Waals surface area (Å²) < 4.78 is 60.1. The van der Waals surface area contributed by atoms with Gasteiger partial charge in [0.2, 0.25) is 0 Å². The molecule has 4 aromatic rings. The lowest BCUT2D eigenvalue weighted by atomic mass is 9.63. The number of amides is 1. The van der Waals surface area contributed by atoms with Crippen LogP contribution in [0.25, 0.3) is 11.0 Å². The minimum Gasteiger partial charge on any atom is -0.338 e.